The van der Waals surface area contributed by atoms with Gasteiger partial charge in [-0.1, -0.05) is 30.3 Å². The van der Waals surface area contributed by atoms with Gasteiger partial charge in [0.1, 0.15) is 0 Å². The van der Waals surface area contributed by atoms with Crippen LogP contribution in [0.1, 0.15) is 17.4 Å². The Labute approximate surface area is 104 Å². The van der Waals surface area contributed by atoms with Crippen LogP contribution in [0, 0.1) is 6.92 Å². The molecule has 1 atom stereocenters. The van der Waals surface area contributed by atoms with Crippen molar-refractivity contribution < 1.29 is 14.6 Å². The van der Waals surface area contributed by atoms with Gasteiger partial charge >= 0.3 is 12.0 Å². The highest BCUT2D eigenvalue weighted by molar-refractivity contribution is 5.74. The van der Waals surface area contributed by atoms with Crippen LogP contribution in [0.15, 0.2) is 42.6 Å². The predicted octanol–water partition coefficient (Wildman–Crippen LogP) is 1.99. The number of aromatic nitrogens is 2. The number of aryl methyl sites for hydroxylation is 1. The first-order valence-electron chi connectivity index (χ1n) is 5.41. The Hall–Kier alpha value is -2.43. The molecule has 1 aromatic carbocycles. The van der Waals surface area contributed by atoms with E-state index in [1.165, 1.54) is 6.20 Å². The summed E-state index contributed by atoms with van der Waals surface area (Å²) < 4.78 is 5.32. The molecular formula is C13H12N2O3. The number of nitrogens with zero attached hydrogens (tertiary/aromatic N) is 2. The molecule has 92 valence electrons. The Morgan fingerprint density at radius 2 is 2.00 bits per heavy atom. The molecule has 2 aromatic rings. The van der Waals surface area contributed by atoms with Crippen molar-refractivity contribution in [2.45, 2.75) is 13.0 Å². The maximum absolute atomic E-state index is 11.2. The van der Waals surface area contributed by atoms with Crippen molar-refractivity contribution >= 4 is 5.97 Å². The van der Waals surface area contributed by atoms with Gasteiger partial charge in [0, 0.05) is 17.5 Å². The summed E-state index contributed by atoms with van der Waals surface area (Å²) in [6.45, 7) is 1.78. The summed E-state index contributed by atoms with van der Waals surface area (Å²) in [5.41, 5.74) is 1.27. The van der Waals surface area contributed by atoms with Crippen LogP contribution in [-0.4, -0.2) is 21.0 Å². The molecule has 1 N–H and O–H groups in total. The minimum atomic E-state index is -1.10. The van der Waals surface area contributed by atoms with Crippen molar-refractivity contribution in [2.75, 3.05) is 0 Å². The molecule has 2 rings (SSSR count). The summed E-state index contributed by atoms with van der Waals surface area (Å²) >= 11 is 0. The zero-order valence-electron chi connectivity index (χ0n) is 9.78. The van der Waals surface area contributed by atoms with Crippen LogP contribution in [0.2, 0.25) is 0 Å². The average Bonchev–Trinajstić information content (AvgIpc) is 2.37. The highest BCUT2D eigenvalue weighted by Gasteiger charge is 2.22. The number of hydrogen-bond donors (Lipinski definition) is 1. The first-order valence-corrected chi connectivity index (χ1v) is 5.41. The summed E-state index contributed by atoms with van der Waals surface area (Å²) in [7, 11) is 0. The van der Waals surface area contributed by atoms with Gasteiger partial charge in [-0.05, 0) is 13.0 Å². The second-order valence-corrected chi connectivity index (χ2v) is 3.73. The topological polar surface area (TPSA) is 72.3 Å². The highest BCUT2D eigenvalue weighted by Crippen LogP contribution is 2.19. The number of carbonyl (C=O) groups is 1. The van der Waals surface area contributed by atoms with Crippen LogP contribution in [-0.2, 0) is 4.79 Å². The highest BCUT2D eigenvalue weighted by atomic mass is 16.5. The van der Waals surface area contributed by atoms with Gasteiger partial charge in [-0.2, -0.15) is 0 Å². The molecule has 0 amide bonds. The van der Waals surface area contributed by atoms with Crippen molar-refractivity contribution in [3.63, 3.8) is 0 Å². The fraction of sp³-hybridized carbons (Fsp3) is 0.154. The van der Waals surface area contributed by atoms with Gasteiger partial charge in [-0.3, -0.25) is 0 Å². The molecule has 0 saturated heterocycles. The van der Waals surface area contributed by atoms with Crippen LogP contribution in [0.5, 0.6) is 6.01 Å². The van der Waals surface area contributed by atoms with E-state index in [9.17, 15) is 9.90 Å². The number of aliphatic carboxylic acids is 1. The first kappa shape index (κ1) is 12.0. The van der Waals surface area contributed by atoms with Gasteiger partial charge in [0.15, 0.2) is 0 Å². The maximum atomic E-state index is 11.2. The molecule has 1 heterocycles. The quantitative estimate of drug-likeness (QED) is 0.890. The molecule has 18 heavy (non-hydrogen) atoms. The van der Waals surface area contributed by atoms with Crippen LogP contribution >= 0.6 is 0 Å². The lowest BCUT2D eigenvalue weighted by molar-refractivity contribution is -0.145. The molecule has 0 aliphatic rings. The number of carboxylic acids is 1. The summed E-state index contributed by atoms with van der Waals surface area (Å²) in [6.07, 6.45) is 0.426. The van der Waals surface area contributed by atoms with Crippen LogP contribution in [0.4, 0.5) is 0 Å². The summed E-state index contributed by atoms with van der Waals surface area (Å²) in [5.74, 6) is -1.08. The fourth-order valence-corrected chi connectivity index (χ4v) is 1.48. The van der Waals surface area contributed by atoms with Gasteiger partial charge in [-0.15, -0.1) is 0 Å². The Morgan fingerprint density at radius 1 is 1.28 bits per heavy atom. The molecule has 0 aliphatic heterocycles. The Balaban J connectivity index is 2.25. The largest absolute Gasteiger partial charge is 0.478 e. The zero-order valence-corrected chi connectivity index (χ0v) is 9.78. The molecule has 5 heteroatoms. The lowest BCUT2D eigenvalue weighted by Crippen LogP contribution is -2.19. The lowest BCUT2D eigenvalue weighted by atomic mass is 10.1. The van der Waals surface area contributed by atoms with Gasteiger partial charge in [0.2, 0.25) is 6.10 Å². The summed E-state index contributed by atoms with van der Waals surface area (Å²) in [6, 6.07) is 10.5. The van der Waals surface area contributed by atoms with Gasteiger partial charge in [0.25, 0.3) is 0 Å². The molecular weight excluding hydrogens is 232 g/mol. The van der Waals surface area contributed by atoms with Gasteiger partial charge in [-0.25, -0.2) is 14.8 Å². The van der Waals surface area contributed by atoms with E-state index in [1.807, 2.05) is 6.07 Å². The van der Waals surface area contributed by atoms with Crippen molar-refractivity contribution in [1.82, 2.24) is 9.97 Å². The molecule has 0 spiro atoms. The Kier molecular flexibility index (Phi) is 3.52. The van der Waals surface area contributed by atoms with E-state index in [2.05, 4.69) is 9.97 Å². The molecule has 0 aliphatic carbocycles. The average molecular weight is 244 g/mol. The SMILES string of the molecule is Cc1ccnc(OC(C(=O)O)c2ccccc2)n1. The van der Waals surface area contributed by atoms with E-state index < -0.39 is 12.1 Å². The van der Waals surface area contributed by atoms with Crippen molar-refractivity contribution in [3.05, 3.63) is 53.9 Å². The number of hydrogen-bond acceptors (Lipinski definition) is 4. The van der Waals surface area contributed by atoms with Gasteiger partial charge < -0.3 is 9.84 Å². The molecule has 0 fully saturated rings. The third kappa shape index (κ3) is 2.82. The lowest BCUT2D eigenvalue weighted by Gasteiger charge is -2.13. The molecule has 1 aromatic heterocycles. The summed E-state index contributed by atoms with van der Waals surface area (Å²) in [4.78, 5) is 19.1. The van der Waals surface area contributed by atoms with Crippen molar-refractivity contribution in [1.29, 1.82) is 0 Å². The van der Waals surface area contributed by atoms with E-state index in [0.717, 1.165) is 5.69 Å². The minimum absolute atomic E-state index is 0.0613. The monoisotopic (exact) mass is 244 g/mol. The third-order valence-electron chi connectivity index (χ3n) is 2.32. The molecule has 5 nitrogen and oxygen atoms in total. The molecule has 1 unspecified atom stereocenters. The Bertz CT molecular complexity index is 543. The number of rotatable bonds is 4. The maximum Gasteiger partial charge on any atom is 0.349 e. The number of carboxylic acid groups (broad SMARTS) is 1. The third-order valence-corrected chi connectivity index (χ3v) is 2.32. The zero-order chi connectivity index (χ0) is 13.0. The van der Waals surface area contributed by atoms with Gasteiger partial charge in [0.05, 0.1) is 0 Å². The fourth-order valence-electron chi connectivity index (χ4n) is 1.48. The second-order valence-electron chi connectivity index (χ2n) is 3.73. The van der Waals surface area contributed by atoms with Crippen molar-refractivity contribution in [3.8, 4) is 6.01 Å². The normalized spacial score (nSPS) is 11.8. The predicted molar refractivity (Wildman–Crippen MR) is 64.2 cm³/mol. The van der Waals surface area contributed by atoms with E-state index in [0.29, 0.717) is 5.56 Å². The standard InChI is InChI=1S/C13H12N2O3/c1-9-7-8-14-13(15-9)18-11(12(16)17)10-5-3-2-4-6-10/h2-8,11H,1H3,(H,16,17). The molecule has 0 saturated carbocycles. The van der Waals surface area contributed by atoms with Crippen LogP contribution in [0.3, 0.4) is 0 Å². The Morgan fingerprint density at radius 3 is 2.61 bits per heavy atom. The van der Waals surface area contributed by atoms with E-state index in [4.69, 9.17) is 4.74 Å². The number of ether oxygens (including phenoxy) is 1. The van der Waals surface area contributed by atoms with Crippen LogP contribution in [0.25, 0.3) is 0 Å². The van der Waals surface area contributed by atoms with E-state index >= 15 is 0 Å². The van der Waals surface area contributed by atoms with E-state index in [-0.39, 0.29) is 6.01 Å². The van der Waals surface area contributed by atoms with Crippen molar-refractivity contribution in [2.24, 2.45) is 0 Å². The first-order chi connectivity index (χ1) is 8.66. The number of benzene rings is 1. The summed E-state index contributed by atoms with van der Waals surface area (Å²) in [5, 5.41) is 9.18. The molecule has 0 radical (unpaired) electrons. The molecule has 0 bridgehead atoms. The smallest absolute Gasteiger partial charge is 0.349 e. The van der Waals surface area contributed by atoms with Crippen LogP contribution < -0.4 is 4.74 Å². The minimum Gasteiger partial charge on any atom is -0.478 e. The van der Waals surface area contributed by atoms with E-state index in [1.54, 1.807) is 37.3 Å². The second kappa shape index (κ2) is 5.27.